The number of phenols is 1. The average molecular weight is 180 g/mol. The Morgan fingerprint density at radius 3 is 2.15 bits per heavy atom. The zero-order valence-electron chi connectivity index (χ0n) is 7.66. The van der Waals surface area contributed by atoms with E-state index in [1.807, 2.05) is 0 Å². The zero-order valence-corrected chi connectivity index (χ0v) is 7.66. The molecule has 70 valence electrons. The quantitative estimate of drug-likeness (QED) is 0.727. The molecule has 3 heteroatoms. The van der Waals surface area contributed by atoms with Crippen LogP contribution in [-0.2, 0) is 11.2 Å². The van der Waals surface area contributed by atoms with E-state index < -0.39 is 5.97 Å². The largest absolute Gasteiger partial charge is 0.508 e. The maximum Gasteiger partial charge on any atom is 0.307 e. The van der Waals surface area contributed by atoms with E-state index in [9.17, 15) is 9.90 Å². The van der Waals surface area contributed by atoms with Crippen molar-refractivity contribution in [3.05, 3.63) is 28.8 Å². The van der Waals surface area contributed by atoms with Gasteiger partial charge in [0.15, 0.2) is 0 Å². The van der Waals surface area contributed by atoms with E-state index in [1.165, 1.54) is 0 Å². The molecule has 0 saturated carbocycles. The van der Waals surface area contributed by atoms with Gasteiger partial charge in [-0.05, 0) is 42.7 Å². The van der Waals surface area contributed by atoms with Crippen molar-refractivity contribution in [2.45, 2.75) is 20.3 Å². The van der Waals surface area contributed by atoms with E-state index in [0.29, 0.717) is 0 Å². The third-order valence-corrected chi connectivity index (χ3v) is 2.01. The van der Waals surface area contributed by atoms with Gasteiger partial charge < -0.3 is 10.2 Å². The van der Waals surface area contributed by atoms with Crippen LogP contribution in [0.3, 0.4) is 0 Å². The minimum absolute atomic E-state index is 0.0119. The molecule has 0 fully saturated rings. The number of carboxylic acids is 1. The van der Waals surface area contributed by atoms with Crippen molar-refractivity contribution < 1.29 is 15.0 Å². The smallest absolute Gasteiger partial charge is 0.307 e. The first-order valence-corrected chi connectivity index (χ1v) is 4.01. The minimum Gasteiger partial charge on any atom is -0.508 e. The average Bonchev–Trinajstić information content (AvgIpc) is 1.96. The lowest BCUT2D eigenvalue weighted by atomic mass is 10.00. The fourth-order valence-electron chi connectivity index (χ4n) is 1.40. The number of aryl methyl sites for hydroxylation is 2. The van der Waals surface area contributed by atoms with Gasteiger partial charge in [0, 0.05) is 0 Å². The predicted molar refractivity (Wildman–Crippen MR) is 48.9 cm³/mol. The van der Waals surface area contributed by atoms with Crippen molar-refractivity contribution in [1.82, 2.24) is 0 Å². The van der Waals surface area contributed by atoms with E-state index in [2.05, 4.69) is 0 Å². The Labute approximate surface area is 76.6 Å². The van der Waals surface area contributed by atoms with Gasteiger partial charge in [0.25, 0.3) is 0 Å². The van der Waals surface area contributed by atoms with Gasteiger partial charge in [0.1, 0.15) is 5.75 Å². The maximum atomic E-state index is 10.5. The summed E-state index contributed by atoms with van der Waals surface area (Å²) in [5.41, 5.74) is 2.42. The summed E-state index contributed by atoms with van der Waals surface area (Å²) in [6.07, 6.45) is 0.0119. The first kappa shape index (κ1) is 9.58. The molecule has 0 aliphatic heterocycles. The summed E-state index contributed by atoms with van der Waals surface area (Å²) in [5, 5.41) is 17.8. The Kier molecular flexibility index (Phi) is 2.56. The first-order valence-electron chi connectivity index (χ1n) is 4.01. The van der Waals surface area contributed by atoms with Gasteiger partial charge in [0.2, 0.25) is 0 Å². The Hall–Kier alpha value is -1.51. The van der Waals surface area contributed by atoms with Gasteiger partial charge in [-0.1, -0.05) is 0 Å². The number of carboxylic acid groups (broad SMARTS) is 1. The fourth-order valence-corrected chi connectivity index (χ4v) is 1.40. The number of aliphatic carboxylic acids is 1. The maximum absolute atomic E-state index is 10.5. The fraction of sp³-hybridized carbons (Fsp3) is 0.300. The molecule has 0 atom stereocenters. The molecule has 1 aromatic carbocycles. The topological polar surface area (TPSA) is 57.5 Å². The van der Waals surface area contributed by atoms with Crippen LogP contribution in [0.4, 0.5) is 0 Å². The molecule has 1 rings (SSSR count). The highest BCUT2D eigenvalue weighted by molar-refractivity contribution is 5.71. The van der Waals surface area contributed by atoms with Crippen molar-refractivity contribution in [1.29, 1.82) is 0 Å². The number of aromatic hydroxyl groups is 1. The molecule has 0 bridgehead atoms. The van der Waals surface area contributed by atoms with E-state index in [1.54, 1.807) is 26.0 Å². The van der Waals surface area contributed by atoms with Crippen LogP contribution < -0.4 is 0 Å². The van der Waals surface area contributed by atoms with E-state index in [0.717, 1.165) is 16.7 Å². The second kappa shape index (κ2) is 3.47. The number of phenolic OH excluding ortho intramolecular Hbond substituents is 1. The highest BCUT2D eigenvalue weighted by atomic mass is 16.4. The van der Waals surface area contributed by atoms with Crippen LogP contribution in [0.5, 0.6) is 5.75 Å². The SMILES string of the molecule is Cc1cc(O)cc(C)c1CC(=O)O. The van der Waals surface area contributed by atoms with Crippen LogP contribution in [0.25, 0.3) is 0 Å². The summed E-state index contributed by atoms with van der Waals surface area (Å²) in [5.74, 6) is -0.666. The molecule has 0 spiro atoms. The number of carbonyl (C=O) groups is 1. The van der Waals surface area contributed by atoms with Gasteiger partial charge >= 0.3 is 5.97 Å². The summed E-state index contributed by atoms with van der Waals surface area (Å²) in [6, 6.07) is 3.15. The summed E-state index contributed by atoms with van der Waals surface area (Å²) >= 11 is 0. The summed E-state index contributed by atoms with van der Waals surface area (Å²) < 4.78 is 0. The molecule has 0 radical (unpaired) electrons. The minimum atomic E-state index is -0.850. The third kappa shape index (κ3) is 2.21. The van der Waals surface area contributed by atoms with Crippen molar-refractivity contribution >= 4 is 5.97 Å². The molecule has 13 heavy (non-hydrogen) atoms. The molecular formula is C10H12O3. The standard InChI is InChI=1S/C10H12O3/c1-6-3-8(11)4-7(2)9(6)5-10(12)13/h3-4,11H,5H2,1-2H3,(H,12,13). The van der Waals surface area contributed by atoms with Crippen molar-refractivity contribution in [2.24, 2.45) is 0 Å². The number of benzene rings is 1. The van der Waals surface area contributed by atoms with Gasteiger partial charge in [-0.25, -0.2) is 0 Å². The predicted octanol–water partition coefficient (Wildman–Crippen LogP) is 1.64. The molecule has 0 unspecified atom stereocenters. The number of hydrogen-bond acceptors (Lipinski definition) is 2. The Morgan fingerprint density at radius 2 is 1.77 bits per heavy atom. The van der Waals surface area contributed by atoms with Crippen LogP contribution in [0, 0.1) is 13.8 Å². The van der Waals surface area contributed by atoms with E-state index in [4.69, 9.17) is 5.11 Å². The molecule has 0 heterocycles. The lowest BCUT2D eigenvalue weighted by Gasteiger charge is -2.07. The highest BCUT2D eigenvalue weighted by Crippen LogP contribution is 2.20. The van der Waals surface area contributed by atoms with Crippen LogP contribution in [0.15, 0.2) is 12.1 Å². The van der Waals surface area contributed by atoms with Crippen LogP contribution >= 0.6 is 0 Å². The molecule has 0 saturated heterocycles. The lowest BCUT2D eigenvalue weighted by molar-refractivity contribution is -0.136. The Bertz CT molecular complexity index is 319. The van der Waals surface area contributed by atoms with Gasteiger partial charge in [-0.3, -0.25) is 4.79 Å². The van der Waals surface area contributed by atoms with Crippen molar-refractivity contribution in [2.75, 3.05) is 0 Å². The van der Waals surface area contributed by atoms with Crippen molar-refractivity contribution in [3.8, 4) is 5.75 Å². The highest BCUT2D eigenvalue weighted by Gasteiger charge is 2.08. The normalized spacial score (nSPS) is 10.0. The molecule has 0 aliphatic rings. The van der Waals surface area contributed by atoms with Gasteiger partial charge in [-0.2, -0.15) is 0 Å². The zero-order chi connectivity index (χ0) is 10.0. The lowest BCUT2D eigenvalue weighted by Crippen LogP contribution is -2.03. The summed E-state index contributed by atoms with van der Waals surface area (Å²) in [7, 11) is 0. The number of hydrogen-bond donors (Lipinski definition) is 2. The van der Waals surface area contributed by atoms with E-state index in [-0.39, 0.29) is 12.2 Å². The second-order valence-electron chi connectivity index (χ2n) is 3.13. The third-order valence-electron chi connectivity index (χ3n) is 2.01. The molecule has 0 aromatic heterocycles. The second-order valence-corrected chi connectivity index (χ2v) is 3.13. The Balaban J connectivity index is 3.13. The molecular weight excluding hydrogens is 168 g/mol. The van der Waals surface area contributed by atoms with Crippen molar-refractivity contribution in [3.63, 3.8) is 0 Å². The molecule has 0 amide bonds. The first-order chi connectivity index (χ1) is 6.00. The van der Waals surface area contributed by atoms with Crippen LogP contribution in [0.2, 0.25) is 0 Å². The molecule has 2 N–H and O–H groups in total. The molecule has 1 aromatic rings. The summed E-state index contributed by atoms with van der Waals surface area (Å²) in [4.78, 5) is 10.5. The van der Waals surface area contributed by atoms with Crippen LogP contribution in [0.1, 0.15) is 16.7 Å². The van der Waals surface area contributed by atoms with E-state index >= 15 is 0 Å². The van der Waals surface area contributed by atoms with Gasteiger partial charge in [-0.15, -0.1) is 0 Å². The summed E-state index contributed by atoms with van der Waals surface area (Å²) in [6.45, 7) is 3.59. The molecule has 3 nitrogen and oxygen atoms in total. The number of rotatable bonds is 2. The molecule has 0 aliphatic carbocycles. The van der Waals surface area contributed by atoms with Crippen LogP contribution in [-0.4, -0.2) is 16.2 Å². The Morgan fingerprint density at radius 1 is 1.31 bits per heavy atom. The monoisotopic (exact) mass is 180 g/mol. The van der Waals surface area contributed by atoms with Gasteiger partial charge in [0.05, 0.1) is 6.42 Å².